The van der Waals surface area contributed by atoms with Gasteiger partial charge in [0.05, 0.1) is 59.7 Å². The van der Waals surface area contributed by atoms with Crippen molar-refractivity contribution in [3.05, 3.63) is 48.5 Å². The molecule has 5 rings (SSSR count). The average Bonchev–Trinajstić information content (AvgIpc) is 3.42. The topological polar surface area (TPSA) is 129 Å². The van der Waals surface area contributed by atoms with Crippen molar-refractivity contribution in [1.29, 1.82) is 10.5 Å². The molecule has 9 nitrogen and oxygen atoms in total. The molecule has 0 amide bonds. The molecule has 4 aromatic heterocycles. The van der Waals surface area contributed by atoms with E-state index in [0.717, 1.165) is 16.5 Å². The summed E-state index contributed by atoms with van der Waals surface area (Å²) < 4.78 is 3.45. The maximum atomic E-state index is 9.80. The van der Waals surface area contributed by atoms with E-state index in [-0.39, 0.29) is 12.5 Å². The van der Waals surface area contributed by atoms with Crippen molar-refractivity contribution in [2.24, 2.45) is 13.0 Å². The van der Waals surface area contributed by atoms with Crippen molar-refractivity contribution in [3.8, 4) is 34.8 Å². The number of hydrogen-bond donors (Lipinski definition) is 1. The van der Waals surface area contributed by atoms with Gasteiger partial charge in [0.1, 0.15) is 11.4 Å². The van der Waals surface area contributed by atoms with Crippen LogP contribution in [0.5, 0.6) is 0 Å². The highest BCUT2D eigenvalue weighted by Crippen LogP contribution is 2.46. The van der Waals surface area contributed by atoms with E-state index in [9.17, 15) is 15.6 Å². The Kier molecular flexibility index (Phi) is 4.69. The molecule has 0 aliphatic heterocycles. The van der Waals surface area contributed by atoms with Gasteiger partial charge in [0.15, 0.2) is 0 Å². The van der Waals surface area contributed by atoms with Crippen molar-refractivity contribution in [3.63, 3.8) is 0 Å². The fraction of sp³-hybridized carbons (Fsp3) is 0.304. The van der Waals surface area contributed by atoms with E-state index in [0.29, 0.717) is 42.0 Å². The normalized spacial score (nSPS) is 19.9. The molecule has 0 saturated heterocycles. The number of nitrogens with zero attached hydrogens (tertiary/aromatic N) is 8. The van der Waals surface area contributed by atoms with Crippen LogP contribution in [0.25, 0.3) is 33.5 Å². The number of aromatic nitrogens is 6. The molecule has 0 radical (unpaired) electrons. The molecular weight excluding hydrogens is 404 g/mol. The summed E-state index contributed by atoms with van der Waals surface area (Å²) in [6.45, 7) is -0.158. The molecule has 32 heavy (non-hydrogen) atoms. The molecule has 0 aromatic carbocycles. The summed E-state index contributed by atoms with van der Waals surface area (Å²) in [5, 5.41) is 38.3. The SMILES string of the molecule is Cn1ncc(-c2cc3ncccc3c(-c3ccn([C@]4(CC#N)C[C@@H](C#N)C4)n3)n2)c1CO. The van der Waals surface area contributed by atoms with Gasteiger partial charge in [0, 0.05) is 30.4 Å². The van der Waals surface area contributed by atoms with Crippen LogP contribution in [-0.4, -0.2) is 34.6 Å². The molecule has 0 atom stereocenters. The summed E-state index contributed by atoms with van der Waals surface area (Å²) in [7, 11) is 1.78. The third-order valence-electron chi connectivity index (χ3n) is 6.25. The summed E-state index contributed by atoms with van der Waals surface area (Å²) in [5.74, 6) is -0.0510. The monoisotopic (exact) mass is 424 g/mol. The van der Waals surface area contributed by atoms with Crippen LogP contribution in [0.1, 0.15) is 25.0 Å². The van der Waals surface area contributed by atoms with Crippen LogP contribution in [-0.2, 0) is 19.2 Å². The standard InChI is InChI=1S/C23H20N8O/c1-30-21(14-32)17(13-27-30)20-9-19-16(3-2-7-26-19)22(28-20)18-4-8-31(29-18)23(5-6-24)10-15(11-23)12-25/h2-4,7-9,13,15,32H,5,10-11,14H2,1H3/t15-,23-. The summed E-state index contributed by atoms with van der Waals surface area (Å²) >= 11 is 0. The Labute approximate surface area is 184 Å². The van der Waals surface area contributed by atoms with Gasteiger partial charge < -0.3 is 5.11 Å². The summed E-state index contributed by atoms with van der Waals surface area (Å²) in [5.41, 5.74) is 3.69. The molecule has 0 unspecified atom stereocenters. The lowest BCUT2D eigenvalue weighted by atomic mass is 9.67. The van der Waals surface area contributed by atoms with Crippen LogP contribution in [0.2, 0.25) is 0 Å². The molecule has 1 aliphatic rings. The van der Waals surface area contributed by atoms with Crippen LogP contribution in [0.3, 0.4) is 0 Å². The average molecular weight is 424 g/mol. The number of nitriles is 2. The van der Waals surface area contributed by atoms with Crippen molar-refractivity contribution < 1.29 is 5.11 Å². The molecular formula is C23H20N8O. The number of aliphatic hydroxyl groups excluding tert-OH is 1. The molecule has 1 saturated carbocycles. The largest absolute Gasteiger partial charge is 0.390 e. The van der Waals surface area contributed by atoms with E-state index < -0.39 is 5.54 Å². The molecule has 158 valence electrons. The van der Waals surface area contributed by atoms with Gasteiger partial charge in [0.25, 0.3) is 0 Å². The molecule has 4 aromatic rings. The van der Waals surface area contributed by atoms with Gasteiger partial charge in [-0.1, -0.05) is 0 Å². The first kappa shape index (κ1) is 19.9. The van der Waals surface area contributed by atoms with Crippen LogP contribution in [0.15, 0.2) is 42.9 Å². The lowest BCUT2D eigenvalue weighted by Crippen LogP contribution is -2.46. The smallest absolute Gasteiger partial charge is 0.111 e. The van der Waals surface area contributed by atoms with Gasteiger partial charge in [-0.2, -0.15) is 20.7 Å². The molecule has 0 spiro atoms. The number of aryl methyl sites for hydroxylation is 1. The van der Waals surface area contributed by atoms with E-state index in [2.05, 4.69) is 22.2 Å². The lowest BCUT2D eigenvalue weighted by molar-refractivity contribution is 0.0884. The quantitative estimate of drug-likeness (QED) is 0.521. The maximum Gasteiger partial charge on any atom is 0.111 e. The predicted octanol–water partition coefficient (Wildman–Crippen LogP) is 2.93. The minimum absolute atomic E-state index is 0.0510. The first-order chi connectivity index (χ1) is 15.6. The highest BCUT2D eigenvalue weighted by molar-refractivity contribution is 5.93. The van der Waals surface area contributed by atoms with E-state index >= 15 is 0 Å². The van der Waals surface area contributed by atoms with Crippen LogP contribution in [0, 0.1) is 28.6 Å². The Morgan fingerprint density at radius 1 is 1.25 bits per heavy atom. The fourth-order valence-corrected chi connectivity index (χ4v) is 4.50. The van der Waals surface area contributed by atoms with Crippen molar-refractivity contribution in [2.75, 3.05) is 0 Å². The summed E-state index contributed by atoms with van der Waals surface area (Å²) in [6, 6.07) is 12.1. The van der Waals surface area contributed by atoms with Gasteiger partial charge in [-0.05, 0) is 37.1 Å². The number of rotatable bonds is 5. The predicted molar refractivity (Wildman–Crippen MR) is 115 cm³/mol. The molecule has 1 aliphatic carbocycles. The zero-order valence-electron chi connectivity index (χ0n) is 17.5. The number of pyridine rings is 2. The summed E-state index contributed by atoms with van der Waals surface area (Å²) in [6.07, 6.45) is 6.80. The Bertz CT molecular complexity index is 1400. The van der Waals surface area contributed by atoms with E-state index in [1.807, 2.05) is 35.1 Å². The Morgan fingerprint density at radius 3 is 2.84 bits per heavy atom. The number of fused-ring (bicyclic) bond motifs is 1. The molecule has 1 N–H and O–H groups in total. The van der Waals surface area contributed by atoms with Gasteiger partial charge >= 0.3 is 0 Å². The third-order valence-corrected chi connectivity index (χ3v) is 6.25. The second kappa shape index (κ2) is 7.56. The van der Waals surface area contributed by atoms with E-state index in [1.165, 1.54) is 0 Å². The second-order valence-electron chi connectivity index (χ2n) is 8.15. The lowest BCUT2D eigenvalue weighted by Gasteiger charge is -2.43. The van der Waals surface area contributed by atoms with E-state index in [1.54, 1.807) is 24.1 Å². The van der Waals surface area contributed by atoms with Crippen LogP contribution < -0.4 is 0 Å². The zero-order valence-corrected chi connectivity index (χ0v) is 17.5. The zero-order chi connectivity index (χ0) is 22.3. The highest BCUT2D eigenvalue weighted by atomic mass is 16.3. The van der Waals surface area contributed by atoms with Crippen LogP contribution in [0.4, 0.5) is 0 Å². The van der Waals surface area contributed by atoms with Gasteiger partial charge in [-0.3, -0.25) is 14.3 Å². The molecule has 1 fully saturated rings. The Balaban J connectivity index is 1.64. The van der Waals surface area contributed by atoms with Crippen molar-refractivity contribution >= 4 is 10.9 Å². The molecule has 0 bridgehead atoms. The molecule has 4 heterocycles. The highest BCUT2D eigenvalue weighted by Gasteiger charge is 2.46. The Morgan fingerprint density at radius 2 is 2.09 bits per heavy atom. The minimum atomic E-state index is -0.452. The van der Waals surface area contributed by atoms with Crippen molar-refractivity contribution in [2.45, 2.75) is 31.4 Å². The first-order valence-electron chi connectivity index (χ1n) is 10.3. The van der Waals surface area contributed by atoms with Gasteiger partial charge in [-0.15, -0.1) is 0 Å². The van der Waals surface area contributed by atoms with Gasteiger partial charge in [-0.25, -0.2) is 4.98 Å². The van der Waals surface area contributed by atoms with E-state index in [4.69, 9.17) is 10.1 Å². The minimum Gasteiger partial charge on any atom is -0.390 e. The van der Waals surface area contributed by atoms with Gasteiger partial charge in [0.2, 0.25) is 0 Å². The summed E-state index contributed by atoms with van der Waals surface area (Å²) in [4.78, 5) is 9.39. The fourth-order valence-electron chi connectivity index (χ4n) is 4.50. The first-order valence-corrected chi connectivity index (χ1v) is 10.3. The Hall–Kier alpha value is -4.08. The number of hydrogen-bond acceptors (Lipinski definition) is 7. The molecule has 9 heteroatoms. The second-order valence-corrected chi connectivity index (χ2v) is 8.15. The van der Waals surface area contributed by atoms with Crippen LogP contribution >= 0.6 is 0 Å². The number of aliphatic hydroxyl groups is 1. The maximum absolute atomic E-state index is 9.80. The third kappa shape index (κ3) is 3.03. The van der Waals surface area contributed by atoms with Crippen molar-refractivity contribution in [1.82, 2.24) is 29.5 Å².